The van der Waals surface area contributed by atoms with Gasteiger partial charge in [0, 0.05) is 40.4 Å². The van der Waals surface area contributed by atoms with Crippen LogP contribution in [0.3, 0.4) is 0 Å². The number of halogens is 4. The maximum Gasteiger partial charge on any atom is 0.387 e. The van der Waals surface area contributed by atoms with Crippen molar-refractivity contribution in [2.45, 2.75) is 56.7 Å². The minimum Gasteiger partial charge on any atom is -0.478 e. The average Bonchev–Trinajstić information content (AvgIpc) is 3.56. The largest absolute Gasteiger partial charge is 0.478 e. The Bertz CT molecular complexity index is 1740. The number of hydrogen-bond acceptors (Lipinski definition) is 9. The summed E-state index contributed by atoms with van der Waals surface area (Å²) < 4.78 is 47.9. The summed E-state index contributed by atoms with van der Waals surface area (Å²) in [5, 5.41) is 18.5. The Morgan fingerprint density at radius 2 is 1.82 bits per heavy atom. The van der Waals surface area contributed by atoms with Crippen LogP contribution in [0.5, 0.6) is 5.75 Å². The molecule has 44 heavy (non-hydrogen) atoms. The molecule has 4 aliphatic rings. The minimum atomic E-state index is -3.12. The van der Waals surface area contributed by atoms with Crippen molar-refractivity contribution in [1.29, 1.82) is 0 Å². The normalized spacial score (nSPS) is 23.1. The average molecular weight is 645 g/mol. The lowest BCUT2D eigenvalue weighted by molar-refractivity contribution is -0.186. The van der Waals surface area contributed by atoms with Crippen LogP contribution in [0.1, 0.15) is 72.0 Å². The van der Waals surface area contributed by atoms with E-state index in [9.17, 15) is 18.7 Å². The number of aromatic carboxylic acids is 1. The summed E-state index contributed by atoms with van der Waals surface area (Å²) in [5.74, 6) is -0.224. The maximum absolute atomic E-state index is 12.8. The van der Waals surface area contributed by atoms with E-state index in [1.165, 1.54) is 24.5 Å². The second-order valence-corrected chi connectivity index (χ2v) is 12.2. The van der Waals surface area contributed by atoms with Crippen molar-refractivity contribution in [3.63, 3.8) is 0 Å². The summed E-state index contributed by atoms with van der Waals surface area (Å²) in [5.41, 5.74) is 0.857. The molecule has 4 fully saturated rings. The number of carboxylic acids is 1. The zero-order valence-electron chi connectivity index (χ0n) is 22.9. The van der Waals surface area contributed by atoms with Crippen LogP contribution in [0.4, 0.5) is 8.78 Å². The van der Waals surface area contributed by atoms with E-state index in [1.54, 1.807) is 0 Å². The van der Waals surface area contributed by atoms with Gasteiger partial charge in [0.2, 0.25) is 5.82 Å². The van der Waals surface area contributed by atoms with Gasteiger partial charge in [-0.2, -0.15) is 13.8 Å². The van der Waals surface area contributed by atoms with Gasteiger partial charge in [-0.1, -0.05) is 45.7 Å². The summed E-state index contributed by atoms with van der Waals surface area (Å²) in [6.45, 7) is -2.72. The van der Waals surface area contributed by atoms with Gasteiger partial charge in [0.05, 0.1) is 22.2 Å². The Balaban J connectivity index is 1.13. The molecule has 228 valence electrons. The molecule has 0 amide bonds. The SMILES string of the molecule is O=C(O)c1cc(OC(F)F)cc(-c2noc(C34CCC(/C=C/c5c(-c6c(Cl)cncc6Cl)noc5C5CC5)(CC3)CO4)n2)c1. The Morgan fingerprint density at radius 3 is 2.45 bits per heavy atom. The summed E-state index contributed by atoms with van der Waals surface area (Å²) in [4.78, 5) is 20.1. The van der Waals surface area contributed by atoms with E-state index in [4.69, 9.17) is 37.0 Å². The van der Waals surface area contributed by atoms with Gasteiger partial charge in [0.25, 0.3) is 5.89 Å². The smallest absolute Gasteiger partial charge is 0.387 e. The van der Waals surface area contributed by atoms with Gasteiger partial charge in [-0.25, -0.2) is 4.79 Å². The van der Waals surface area contributed by atoms with E-state index in [0.717, 1.165) is 43.1 Å². The van der Waals surface area contributed by atoms with E-state index in [0.29, 0.717) is 46.7 Å². The number of carboxylic acid groups (broad SMARTS) is 1. The van der Waals surface area contributed by atoms with Gasteiger partial charge in [-0.05, 0) is 56.7 Å². The van der Waals surface area contributed by atoms with Gasteiger partial charge in [0.15, 0.2) is 0 Å². The zero-order chi connectivity index (χ0) is 30.6. The number of carbonyl (C=O) groups is 1. The highest BCUT2D eigenvalue weighted by Crippen LogP contribution is 2.55. The molecule has 1 aromatic carbocycles. The lowest BCUT2D eigenvalue weighted by Gasteiger charge is -2.50. The van der Waals surface area contributed by atoms with Crippen LogP contribution in [0.25, 0.3) is 28.7 Å². The van der Waals surface area contributed by atoms with E-state index in [-0.39, 0.29) is 34.0 Å². The zero-order valence-corrected chi connectivity index (χ0v) is 24.4. The molecule has 0 unspecified atom stereocenters. The van der Waals surface area contributed by atoms with E-state index in [2.05, 4.69) is 31.1 Å². The molecule has 0 radical (unpaired) electrons. The van der Waals surface area contributed by atoms with Crippen molar-refractivity contribution < 1.29 is 37.2 Å². The lowest BCUT2D eigenvalue weighted by Crippen LogP contribution is -2.48. The fourth-order valence-corrected chi connectivity index (χ4v) is 6.49. The molecule has 14 heteroatoms. The number of pyridine rings is 1. The van der Waals surface area contributed by atoms with Crippen molar-refractivity contribution >= 4 is 35.2 Å². The van der Waals surface area contributed by atoms with Crippen molar-refractivity contribution in [1.82, 2.24) is 20.3 Å². The molecular formula is C30H24Cl2F2N4O6. The number of fused-ring (bicyclic) bond motifs is 3. The Morgan fingerprint density at radius 1 is 1.07 bits per heavy atom. The molecular weight excluding hydrogens is 621 g/mol. The van der Waals surface area contributed by atoms with Crippen molar-refractivity contribution in [2.24, 2.45) is 5.41 Å². The van der Waals surface area contributed by atoms with Gasteiger partial charge >= 0.3 is 12.6 Å². The van der Waals surface area contributed by atoms with Crippen molar-refractivity contribution in [3.8, 4) is 28.4 Å². The van der Waals surface area contributed by atoms with Gasteiger partial charge in [0.1, 0.15) is 22.8 Å². The maximum atomic E-state index is 12.8. The molecule has 4 aromatic rings. The monoisotopic (exact) mass is 644 g/mol. The first-order valence-corrected chi connectivity index (χ1v) is 14.7. The summed E-state index contributed by atoms with van der Waals surface area (Å²) in [7, 11) is 0. The van der Waals surface area contributed by atoms with Crippen LogP contribution in [-0.4, -0.2) is 44.6 Å². The van der Waals surface area contributed by atoms with E-state index in [1.807, 2.05) is 6.08 Å². The summed E-state index contributed by atoms with van der Waals surface area (Å²) >= 11 is 12.9. The van der Waals surface area contributed by atoms with Crippen LogP contribution >= 0.6 is 23.2 Å². The Hall–Kier alpha value is -3.87. The second-order valence-electron chi connectivity index (χ2n) is 11.4. The topological polar surface area (TPSA) is 134 Å². The van der Waals surface area contributed by atoms with Crippen molar-refractivity contribution in [3.05, 3.63) is 69.5 Å². The van der Waals surface area contributed by atoms with E-state index < -0.39 is 18.2 Å². The molecule has 10 nitrogen and oxygen atoms in total. The number of ether oxygens (including phenoxy) is 2. The highest BCUT2D eigenvalue weighted by Gasteiger charge is 2.52. The molecule has 3 aromatic heterocycles. The van der Waals surface area contributed by atoms with Gasteiger partial charge in [-0.3, -0.25) is 4.98 Å². The third kappa shape index (κ3) is 5.24. The Labute approximate surface area is 258 Å². The highest BCUT2D eigenvalue weighted by atomic mass is 35.5. The fourth-order valence-electron chi connectivity index (χ4n) is 5.95. The predicted molar refractivity (Wildman–Crippen MR) is 153 cm³/mol. The Kier molecular flexibility index (Phi) is 7.18. The quantitative estimate of drug-likeness (QED) is 0.192. The third-order valence-electron chi connectivity index (χ3n) is 8.54. The molecule has 8 rings (SSSR count). The number of alkyl halides is 2. The van der Waals surface area contributed by atoms with Crippen LogP contribution < -0.4 is 4.74 Å². The van der Waals surface area contributed by atoms with Gasteiger partial charge < -0.3 is 23.6 Å². The molecule has 2 bridgehead atoms. The molecule has 0 spiro atoms. The molecule has 2 saturated heterocycles. The second kappa shape index (κ2) is 10.9. The molecule has 2 saturated carbocycles. The number of nitrogens with zero attached hydrogens (tertiary/aromatic N) is 4. The standard InChI is InChI=1S/C30H24Cl2F2N4O6/c31-20-12-35-13-21(32)22(20)23-19(24(43-37-23)15-1-2-15)3-4-29-5-7-30(8-6-29,41-14-29)27-36-25(38-44-27)16-9-17(26(39)40)11-18(10-16)42-28(33)34/h3-4,9-13,15,28H,1-2,5-8,14H2,(H,39,40)/b4-3+. The number of benzene rings is 1. The highest BCUT2D eigenvalue weighted by molar-refractivity contribution is 6.39. The molecule has 0 atom stereocenters. The fraction of sp³-hybridized carbons (Fsp3) is 0.367. The van der Waals surface area contributed by atoms with Crippen LogP contribution in [-0.2, 0) is 10.3 Å². The predicted octanol–water partition coefficient (Wildman–Crippen LogP) is 7.77. The number of rotatable bonds is 9. The summed E-state index contributed by atoms with van der Waals surface area (Å²) in [6, 6.07) is 3.52. The van der Waals surface area contributed by atoms with E-state index >= 15 is 0 Å². The van der Waals surface area contributed by atoms with Crippen LogP contribution in [0, 0.1) is 5.41 Å². The van der Waals surface area contributed by atoms with Gasteiger partial charge in [-0.15, -0.1) is 0 Å². The first-order valence-electron chi connectivity index (χ1n) is 14.0. The molecule has 2 aliphatic carbocycles. The first kappa shape index (κ1) is 28.9. The number of hydrogen-bond donors (Lipinski definition) is 1. The minimum absolute atomic E-state index is 0.0449. The first-order chi connectivity index (χ1) is 21.2. The summed E-state index contributed by atoms with van der Waals surface area (Å²) in [6.07, 6.45) is 12.0. The molecule has 1 N–H and O–H groups in total. The lowest BCUT2D eigenvalue weighted by atomic mass is 9.65. The van der Waals surface area contributed by atoms with Crippen LogP contribution in [0.15, 0.2) is 45.7 Å². The molecule has 5 heterocycles. The van der Waals surface area contributed by atoms with Crippen LogP contribution in [0.2, 0.25) is 10.0 Å². The third-order valence-corrected chi connectivity index (χ3v) is 9.11. The number of aromatic nitrogens is 4. The van der Waals surface area contributed by atoms with Crippen molar-refractivity contribution in [2.75, 3.05) is 6.61 Å². The molecule has 2 aliphatic heterocycles.